The third kappa shape index (κ3) is 3.17. The standard InChI is InChI=1S/C13H21N5O2/c1-14-11-10-18-5-4-15-12(18)13(16-11)17(6-8-19-2)7-9-20-3/h4-5,10,14H,6-9H2,1-3H3. The van der Waals surface area contributed by atoms with Gasteiger partial charge in [0.2, 0.25) is 0 Å². The molecule has 2 heterocycles. The lowest BCUT2D eigenvalue weighted by atomic mass is 10.4. The zero-order chi connectivity index (χ0) is 14.4. The molecule has 0 aliphatic carbocycles. The Morgan fingerprint density at radius 3 is 2.55 bits per heavy atom. The number of fused-ring (bicyclic) bond motifs is 1. The first kappa shape index (κ1) is 14.5. The van der Waals surface area contributed by atoms with E-state index in [-0.39, 0.29) is 0 Å². The average Bonchev–Trinajstić information content (AvgIpc) is 2.95. The smallest absolute Gasteiger partial charge is 0.180 e. The van der Waals surface area contributed by atoms with Crippen molar-refractivity contribution >= 4 is 17.3 Å². The summed E-state index contributed by atoms with van der Waals surface area (Å²) in [5.41, 5.74) is 0.830. The molecule has 0 amide bonds. The lowest BCUT2D eigenvalue weighted by Crippen LogP contribution is -2.32. The normalized spacial score (nSPS) is 10.9. The number of methoxy groups -OCH3 is 2. The van der Waals surface area contributed by atoms with Crippen LogP contribution in [0.2, 0.25) is 0 Å². The van der Waals surface area contributed by atoms with Crippen molar-refractivity contribution in [1.29, 1.82) is 0 Å². The van der Waals surface area contributed by atoms with Crippen molar-refractivity contribution in [1.82, 2.24) is 14.4 Å². The Hall–Kier alpha value is -1.86. The molecule has 7 nitrogen and oxygen atoms in total. The van der Waals surface area contributed by atoms with Gasteiger partial charge in [0.05, 0.1) is 19.4 Å². The lowest BCUT2D eigenvalue weighted by Gasteiger charge is -2.23. The largest absolute Gasteiger partial charge is 0.383 e. The number of aromatic nitrogens is 3. The summed E-state index contributed by atoms with van der Waals surface area (Å²) in [6.45, 7) is 2.73. The molecule has 0 fully saturated rings. The van der Waals surface area contributed by atoms with Crippen LogP contribution in [-0.2, 0) is 9.47 Å². The highest BCUT2D eigenvalue weighted by Gasteiger charge is 2.14. The van der Waals surface area contributed by atoms with Crippen molar-refractivity contribution in [3.63, 3.8) is 0 Å². The second kappa shape index (κ2) is 7.06. The van der Waals surface area contributed by atoms with Gasteiger partial charge in [-0.15, -0.1) is 0 Å². The van der Waals surface area contributed by atoms with Gasteiger partial charge in [-0.2, -0.15) is 0 Å². The van der Waals surface area contributed by atoms with E-state index in [1.807, 2.05) is 23.8 Å². The molecule has 2 rings (SSSR count). The molecule has 1 N–H and O–H groups in total. The summed E-state index contributed by atoms with van der Waals surface area (Å²) >= 11 is 0. The van der Waals surface area contributed by atoms with Crippen molar-refractivity contribution in [3.8, 4) is 0 Å². The molecule has 0 aliphatic rings. The van der Waals surface area contributed by atoms with Gasteiger partial charge in [0, 0.05) is 46.8 Å². The van der Waals surface area contributed by atoms with Crippen LogP contribution in [0.4, 0.5) is 11.6 Å². The third-order valence-corrected chi connectivity index (χ3v) is 3.04. The zero-order valence-corrected chi connectivity index (χ0v) is 12.2. The van der Waals surface area contributed by atoms with Crippen molar-refractivity contribution in [2.75, 3.05) is 57.8 Å². The Kier molecular flexibility index (Phi) is 5.14. The van der Waals surface area contributed by atoms with Gasteiger partial charge in [-0.1, -0.05) is 0 Å². The van der Waals surface area contributed by atoms with Gasteiger partial charge in [-0.05, 0) is 0 Å². The minimum atomic E-state index is 0.627. The van der Waals surface area contributed by atoms with Gasteiger partial charge in [-0.25, -0.2) is 9.97 Å². The van der Waals surface area contributed by atoms with Crippen LogP contribution >= 0.6 is 0 Å². The Bertz CT molecular complexity index is 535. The number of hydrogen-bond donors (Lipinski definition) is 1. The van der Waals surface area contributed by atoms with Crippen LogP contribution in [0.1, 0.15) is 0 Å². The predicted molar refractivity (Wildman–Crippen MR) is 78.5 cm³/mol. The van der Waals surface area contributed by atoms with Gasteiger partial charge in [0.25, 0.3) is 0 Å². The van der Waals surface area contributed by atoms with E-state index in [0.717, 1.165) is 30.4 Å². The Balaban J connectivity index is 2.36. The van der Waals surface area contributed by atoms with Gasteiger partial charge in [-0.3, -0.25) is 0 Å². The van der Waals surface area contributed by atoms with E-state index in [0.29, 0.717) is 13.2 Å². The lowest BCUT2D eigenvalue weighted by molar-refractivity contribution is 0.190. The molecule has 0 unspecified atom stereocenters. The quantitative estimate of drug-likeness (QED) is 0.773. The molecule has 2 aromatic rings. The number of anilines is 2. The van der Waals surface area contributed by atoms with Crippen molar-refractivity contribution < 1.29 is 9.47 Å². The highest BCUT2D eigenvalue weighted by Crippen LogP contribution is 2.20. The van der Waals surface area contributed by atoms with Gasteiger partial charge >= 0.3 is 0 Å². The van der Waals surface area contributed by atoms with Crippen molar-refractivity contribution in [2.45, 2.75) is 0 Å². The minimum absolute atomic E-state index is 0.627. The van der Waals surface area contributed by atoms with Crippen LogP contribution in [0.3, 0.4) is 0 Å². The summed E-state index contributed by atoms with van der Waals surface area (Å²) < 4.78 is 12.3. The number of nitrogens with one attached hydrogen (secondary N) is 1. The first-order valence-corrected chi connectivity index (χ1v) is 6.54. The molecule has 110 valence electrons. The summed E-state index contributed by atoms with van der Waals surface area (Å²) in [7, 11) is 5.23. The maximum atomic E-state index is 5.17. The Morgan fingerprint density at radius 1 is 1.25 bits per heavy atom. The summed E-state index contributed by atoms with van der Waals surface area (Å²) in [5.74, 6) is 1.63. The summed E-state index contributed by atoms with van der Waals surface area (Å²) in [5, 5.41) is 3.07. The fourth-order valence-corrected chi connectivity index (χ4v) is 1.97. The number of hydrogen-bond acceptors (Lipinski definition) is 6. The molecule has 2 aromatic heterocycles. The molecule has 0 aliphatic heterocycles. The van der Waals surface area contributed by atoms with E-state index >= 15 is 0 Å². The minimum Gasteiger partial charge on any atom is -0.383 e. The van der Waals surface area contributed by atoms with Crippen LogP contribution in [0.5, 0.6) is 0 Å². The summed E-state index contributed by atoms with van der Waals surface area (Å²) in [6.07, 6.45) is 5.59. The number of imidazole rings is 1. The fourth-order valence-electron chi connectivity index (χ4n) is 1.97. The van der Waals surface area contributed by atoms with E-state index in [1.165, 1.54) is 0 Å². The number of nitrogens with zero attached hydrogens (tertiary/aromatic N) is 4. The Morgan fingerprint density at radius 2 is 1.95 bits per heavy atom. The third-order valence-electron chi connectivity index (χ3n) is 3.04. The van der Waals surface area contributed by atoms with Gasteiger partial charge in [0.15, 0.2) is 11.5 Å². The summed E-state index contributed by atoms with van der Waals surface area (Å²) in [4.78, 5) is 11.1. The van der Waals surface area contributed by atoms with E-state index in [4.69, 9.17) is 9.47 Å². The maximum absolute atomic E-state index is 5.17. The van der Waals surface area contributed by atoms with Crippen LogP contribution in [0.15, 0.2) is 18.6 Å². The molecule has 7 heteroatoms. The molecular formula is C13H21N5O2. The van der Waals surface area contributed by atoms with Crippen LogP contribution in [0, 0.1) is 0 Å². The average molecular weight is 279 g/mol. The molecule has 0 bridgehead atoms. The molecular weight excluding hydrogens is 258 g/mol. The second-order valence-electron chi connectivity index (χ2n) is 4.33. The van der Waals surface area contributed by atoms with Crippen LogP contribution in [0.25, 0.3) is 5.65 Å². The zero-order valence-electron chi connectivity index (χ0n) is 12.2. The van der Waals surface area contributed by atoms with Crippen LogP contribution < -0.4 is 10.2 Å². The first-order valence-electron chi connectivity index (χ1n) is 6.54. The number of rotatable bonds is 8. The molecule has 0 spiro atoms. The summed E-state index contributed by atoms with van der Waals surface area (Å²) in [6, 6.07) is 0. The first-order chi connectivity index (χ1) is 9.80. The van der Waals surface area contributed by atoms with E-state index in [1.54, 1.807) is 20.4 Å². The molecule has 0 radical (unpaired) electrons. The molecule has 20 heavy (non-hydrogen) atoms. The van der Waals surface area contributed by atoms with E-state index in [2.05, 4.69) is 20.2 Å². The molecule has 0 aromatic carbocycles. The fraction of sp³-hybridized carbons (Fsp3) is 0.538. The van der Waals surface area contributed by atoms with Gasteiger partial charge in [0.1, 0.15) is 5.82 Å². The maximum Gasteiger partial charge on any atom is 0.180 e. The second-order valence-corrected chi connectivity index (χ2v) is 4.33. The molecule has 0 saturated heterocycles. The van der Waals surface area contributed by atoms with Gasteiger partial charge < -0.3 is 24.1 Å². The predicted octanol–water partition coefficient (Wildman–Crippen LogP) is 0.870. The highest BCUT2D eigenvalue weighted by atomic mass is 16.5. The molecule has 0 saturated carbocycles. The topological polar surface area (TPSA) is 63.9 Å². The monoisotopic (exact) mass is 279 g/mol. The van der Waals surface area contributed by atoms with E-state index in [9.17, 15) is 0 Å². The van der Waals surface area contributed by atoms with Crippen LogP contribution in [-0.4, -0.2) is 61.9 Å². The Labute approximate surface area is 118 Å². The van der Waals surface area contributed by atoms with Crippen molar-refractivity contribution in [3.05, 3.63) is 18.6 Å². The number of ether oxygens (including phenoxy) is 2. The SMILES string of the molecule is CNc1cn2ccnc2c(N(CCOC)CCOC)n1. The highest BCUT2D eigenvalue weighted by molar-refractivity contribution is 5.66. The molecule has 0 atom stereocenters. The van der Waals surface area contributed by atoms with Crippen molar-refractivity contribution in [2.24, 2.45) is 0 Å². The van der Waals surface area contributed by atoms with E-state index < -0.39 is 0 Å².